The van der Waals surface area contributed by atoms with Gasteiger partial charge in [0.05, 0.1) is 0 Å². The second-order valence-electron chi connectivity index (χ2n) is 4.11. The van der Waals surface area contributed by atoms with E-state index < -0.39 is 0 Å². The average molecular weight is 255 g/mol. The lowest BCUT2D eigenvalue weighted by molar-refractivity contribution is 0.730. The molecule has 0 amide bonds. The molecule has 2 heterocycles. The molecule has 96 valence electrons. The van der Waals surface area contributed by atoms with Gasteiger partial charge in [-0.25, -0.2) is 0 Å². The molecular weight excluding hydrogens is 242 g/mol. The molecule has 3 aromatic rings. The summed E-state index contributed by atoms with van der Waals surface area (Å²) >= 11 is 0. The van der Waals surface area contributed by atoms with Crippen molar-refractivity contribution in [2.24, 2.45) is 5.73 Å². The number of nitrogens with zero attached hydrogens (tertiary/aromatic N) is 6. The van der Waals surface area contributed by atoms with Crippen LogP contribution in [0.15, 0.2) is 36.4 Å². The van der Waals surface area contributed by atoms with Gasteiger partial charge in [-0.3, -0.25) is 0 Å². The average Bonchev–Trinajstić information content (AvgIpc) is 2.93. The Bertz CT molecular complexity index is 706. The van der Waals surface area contributed by atoms with E-state index in [1.807, 2.05) is 48.3 Å². The van der Waals surface area contributed by atoms with Crippen LogP contribution in [0.3, 0.4) is 0 Å². The number of rotatable bonds is 3. The first kappa shape index (κ1) is 11.5. The van der Waals surface area contributed by atoms with Gasteiger partial charge in [0, 0.05) is 19.3 Å². The number of aromatic nitrogens is 5. The predicted octanol–water partition coefficient (Wildman–Crippen LogP) is 0.746. The molecule has 0 fully saturated rings. The number of nitrogens with two attached hydrogens (primary N) is 1. The number of para-hydroxylation sites is 1. The second kappa shape index (κ2) is 4.62. The summed E-state index contributed by atoms with van der Waals surface area (Å²) in [5, 5.41) is 15.5. The smallest absolute Gasteiger partial charge is 0.200 e. The largest absolute Gasteiger partial charge is 0.328 e. The highest BCUT2D eigenvalue weighted by molar-refractivity contribution is 5.63. The van der Waals surface area contributed by atoms with Crippen LogP contribution in [0.2, 0.25) is 0 Å². The Morgan fingerprint density at radius 1 is 1.21 bits per heavy atom. The molecule has 0 saturated carbocycles. The second-order valence-corrected chi connectivity index (χ2v) is 4.11. The summed E-state index contributed by atoms with van der Waals surface area (Å²) < 4.78 is 1.40. The number of hydrogen-bond donors (Lipinski definition) is 1. The molecule has 3 rings (SSSR count). The Morgan fingerprint density at radius 3 is 2.89 bits per heavy atom. The lowest BCUT2D eigenvalue weighted by atomic mass is 10.1. The molecule has 0 unspecified atom stereocenters. The summed E-state index contributed by atoms with van der Waals surface area (Å²) in [6.45, 7) is 0.480. The Balaban J connectivity index is 2.04. The third kappa shape index (κ3) is 2.00. The molecule has 7 nitrogen and oxygen atoms in total. The monoisotopic (exact) mass is 255 g/mol. The number of hydrogen-bond acceptors (Lipinski definition) is 6. The van der Waals surface area contributed by atoms with Gasteiger partial charge < -0.3 is 10.6 Å². The van der Waals surface area contributed by atoms with E-state index in [0.717, 1.165) is 17.1 Å². The summed E-state index contributed by atoms with van der Waals surface area (Å²) in [5.41, 5.74) is 8.45. The Labute approximate surface area is 109 Å². The van der Waals surface area contributed by atoms with E-state index in [1.54, 1.807) is 0 Å². The van der Waals surface area contributed by atoms with E-state index in [1.165, 1.54) is 4.63 Å². The normalized spacial score (nSPS) is 10.8. The third-order valence-corrected chi connectivity index (χ3v) is 2.97. The lowest BCUT2D eigenvalue weighted by Gasteiger charge is -2.20. The molecule has 2 aromatic heterocycles. The zero-order valence-corrected chi connectivity index (χ0v) is 10.4. The molecule has 0 radical (unpaired) electrons. The van der Waals surface area contributed by atoms with Gasteiger partial charge in [0.2, 0.25) is 0 Å². The van der Waals surface area contributed by atoms with E-state index >= 15 is 0 Å². The van der Waals surface area contributed by atoms with Crippen LogP contribution >= 0.6 is 0 Å². The van der Waals surface area contributed by atoms with Gasteiger partial charge in [-0.2, -0.15) is 0 Å². The number of fused-ring (bicyclic) bond motifs is 1. The molecule has 0 aliphatic rings. The summed E-state index contributed by atoms with van der Waals surface area (Å²) in [7, 11) is 1.94. The van der Waals surface area contributed by atoms with Crippen molar-refractivity contribution >= 4 is 17.2 Å². The van der Waals surface area contributed by atoms with Gasteiger partial charge in [-0.15, -0.1) is 14.8 Å². The lowest BCUT2D eigenvalue weighted by Crippen LogP contribution is -2.16. The number of anilines is 2. The Hall–Kier alpha value is -2.54. The van der Waals surface area contributed by atoms with Gasteiger partial charge >= 0.3 is 0 Å². The van der Waals surface area contributed by atoms with Gasteiger partial charge in [0.1, 0.15) is 0 Å². The number of benzene rings is 1. The van der Waals surface area contributed by atoms with Crippen molar-refractivity contribution in [2.75, 3.05) is 11.9 Å². The molecule has 0 atom stereocenters. The maximum atomic E-state index is 5.76. The zero-order chi connectivity index (χ0) is 13.2. The molecule has 7 heteroatoms. The highest BCUT2D eigenvalue weighted by atomic mass is 15.6. The minimum absolute atomic E-state index is 0.480. The molecule has 1 aromatic carbocycles. The quantitative estimate of drug-likeness (QED) is 0.743. The van der Waals surface area contributed by atoms with Crippen molar-refractivity contribution in [3.8, 4) is 0 Å². The molecule has 19 heavy (non-hydrogen) atoms. The van der Waals surface area contributed by atoms with Crippen molar-refractivity contribution in [2.45, 2.75) is 6.54 Å². The van der Waals surface area contributed by atoms with E-state index in [4.69, 9.17) is 5.73 Å². The SMILES string of the molecule is CN(c1ccc2nnnn2n1)c1ccccc1CN. The molecule has 0 aliphatic carbocycles. The van der Waals surface area contributed by atoms with E-state index in [0.29, 0.717) is 12.2 Å². The van der Waals surface area contributed by atoms with Crippen LogP contribution in [0.4, 0.5) is 11.5 Å². The first-order chi connectivity index (χ1) is 9.29. The molecule has 0 aliphatic heterocycles. The maximum Gasteiger partial charge on any atom is 0.200 e. The summed E-state index contributed by atoms with van der Waals surface area (Å²) in [5.74, 6) is 0.751. The van der Waals surface area contributed by atoms with Crippen LogP contribution in [0.1, 0.15) is 5.56 Å². The minimum atomic E-state index is 0.480. The fraction of sp³-hybridized carbons (Fsp3) is 0.167. The molecule has 0 saturated heterocycles. The summed E-state index contributed by atoms with van der Waals surface area (Å²) in [4.78, 5) is 1.96. The van der Waals surface area contributed by atoms with Crippen LogP contribution in [0.25, 0.3) is 5.65 Å². The molecular formula is C12H13N7. The Morgan fingerprint density at radius 2 is 2.05 bits per heavy atom. The fourth-order valence-corrected chi connectivity index (χ4v) is 1.95. The van der Waals surface area contributed by atoms with Crippen LogP contribution in [0, 0.1) is 0 Å². The Kier molecular flexibility index (Phi) is 2.81. The maximum absolute atomic E-state index is 5.76. The van der Waals surface area contributed by atoms with Crippen LogP contribution < -0.4 is 10.6 Å². The number of tetrazole rings is 1. The first-order valence-electron chi connectivity index (χ1n) is 5.87. The first-order valence-corrected chi connectivity index (χ1v) is 5.87. The summed E-state index contributed by atoms with van der Waals surface area (Å²) in [6, 6.07) is 11.6. The van der Waals surface area contributed by atoms with Crippen molar-refractivity contribution in [3.05, 3.63) is 42.0 Å². The van der Waals surface area contributed by atoms with Crippen molar-refractivity contribution < 1.29 is 0 Å². The fourth-order valence-electron chi connectivity index (χ4n) is 1.95. The van der Waals surface area contributed by atoms with Gasteiger partial charge in [0.15, 0.2) is 11.5 Å². The van der Waals surface area contributed by atoms with Crippen molar-refractivity contribution in [1.82, 2.24) is 25.3 Å². The molecule has 0 spiro atoms. The van der Waals surface area contributed by atoms with E-state index in [2.05, 4.69) is 20.6 Å². The van der Waals surface area contributed by atoms with Crippen molar-refractivity contribution in [1.29, 1.82) is 0 Å². The van der Waals surface area contributed by atoms with Crippen molar-refractivity contribution in [3.63, 3.8) is 0 Å². The topological polar surface area (TPSA) is 85.2 Å². The predicted molar refractivity (Wildman–Crippen MR) is 71.0 cm³/mol. The van der Waals surface area contributed by atoms with E-state index in [9.17, 15) is 0 Å². The molecule has 2 N–H and O–H groups in total. The standard InChI is InChI=1S/C12H13N7/c1-18(10-5-3-2-4-9(10)8-13)12-7-6-11-14-16-17-19(11)15-12/h2-7H,8,13H2,1H3. The minimum Gasteiger partial charge on any atom is -0.328 e. The van der Waals surface area contributed by atoms with Crippen LogP contribution in [-0.2, 0) is 6.54 Å². The molecule has 0 bridgehead atoms. The summed E-state index contributed by atoms with van der Waals surface area (Å²) in [6.07, 6.45) is 0. The highest BCUT2D eigenvalue weighted by Gasteiger charge is 2.10. The zero-order valence-electron chi connectivity index (χ0n) is 10.4. The van der Waals surface area contributed by atoms with Crippen LogP contribution in [-0.4, -0.2) is 32.3 Å². The highest BCUT2D eigenvalue weighted by Crippen LogP contribution is 2.24. The van der Waals surface area contributed by atoms with Gasteiger partial charge in [-0.1, -0.05) is 18.2 Å². The van der Waals surface area contributed by atoms with Crippen LogP contribution in [0.5, 0.6) is 0 Å². The third-order valence-electron chi connectivity index (χ3n) is 2.97. The van der Waals surface area contributed by atoms with E-state index in [-0.39, 0.29) is 0 Å². The van der Waals surface area contributed by atoms with Gasteiger partial charge in [0.25, 0.3) is 0 Å². The van der Waals surface area contributed by atoms with Gasteiger partial charge in [-0.05, 0) is 34.2 Å².